The van der Waals surface area contributed by atoms with Gasteiger partial charge in [-0.15, -0.1) is 0 Å². The molecule has 0 aromatic carbocycles. The Morgan fingerprint density at radius 3 is 1.61 bits per heavy atom. The lowest BCUT2D eigenvalue weighted by molar-refractivity contribution is -0.359. The van der Waals surface area contributed by atoms with E-state index in [1.54, 1.807) is 6.08 Å². The SMILES string of the molecule is CCCCCCCCC/C=C/CC/C=C/CC/C=C/C(O)C(COC1OC(CO)C(OC2OC(CO)C(O)C(O)C2O)C(O)C1O)NC(=O)CCCCCCCCCCCC. The standard InChI is InChI=1S/C47H85NO13/c1-3-5-7-9-11-13-15-16-17-18-19-20-21-22-24-26-28-30-36(51)35(48-39(52)31-29-27-25-23-14-12-10-8-6-4-2)34-58-46-44(57)42(55)45(38(33-50)60-46)61-47-43(56)41(54)40(53)37(32-49)59-47/h17-18,21-22,28,30,35-38,40-47,49-51,53-57H,3-16,19-20,23-27,29,31-34H2,1-2H3,(H,48,52)/b18-17+,22-21+,30-28+. The van der Waals surface area contributed by atoms with Gasteiger partial charge in [-0.2, -0.15) is 0 Å². The van der Waals surface area contributed by atoms with Crippen molar-refractivity contribution >= 4 is 5.91 Å². The minimum atomic E-state index is -1.79. The van der Waals surface area contributed by atoms with Gasteiger partial charge in [-0.1, -0.05) is 147 Å². The molecule has 0 spiro atoms. The molecule has 2 fully saturated rings. The first-order valence-corrected chi connectivity index (χ1v) is 23.7. The van der Waals surface area contributed by atoms with Crippen LogP contribution >= 0.6 is 0 Å². The van der Waals surface area contributed by atoms with Crippen LogP contribution in [0.15, 0.2) is 36.5 Å². The van der Waals surface area contributed by atoms with Crippen molar-refractivity contribution in [1.29, 1.82) is 0 Å². The molecule has 2 heterocycles. The zero-order valence-electron chi connectivity index (χ0n) is 37.4. The average molecular weight is 872 g/mol. The smallest absolute Gasteiger partial charge is 0.220 e. The van der Waals surface area contributed by atoms with Gasteiger partial charge in [-0.05, 0) is 44.9 Å². The van der Waals surface area contributed by atoms with Crippen molar-refractivity contribution in [3.8, 4) is 0 Å². The van der Waals surface area contributed by atoms with Gasteiger partial charge < -0.3 is 65.1 Å². The number of carbonyl (C=O) groups is 1. The molecule has 0 saturated carbocycles. The van der Waals surface area contributed by atoms with Gasteiger partial charge >= 0.3 is 0 Å². The molecule has 9 N–H and O–H groups in total. The molecule has 2 rings (SSSR count). The summed E-state index contributed by atoms with van der Waals surface area (Å²) in [5, 5.41) is 86.4. The maximum atomic E-state index is 13.1. The van der Waals surface area contributed by atoms with Crippen LogP contribution < -0.4 is 5.32 Å². The molecule has 2 aliphatic rings. The van der Waals surface area contributed by atoms with E-state index in [0.29, 0.717) is 12.8 Å². The van der Waals surface area contributed by atoms with Crippen LogP contribution in [0.5, 0.6) is 0 Å². The molecular formula is C47H85NO13. The predicted molar refractivity (Wildman–Crippen MR) is 235 cm³/mol. The predicted octanol–water partition coefficient (Wildman–Crippen LogP) is 5.15. The van der Waals surface area contributed by atoms with Crippen LogP contribution in [0.2, 0.25) is 0 Å². The molecule has 2 saturated heterocycles. The minimum Gasteiger partial charge on any atom is -0.394 e. The third-order valence-electron chi connectivity index (χ3n) is 11.6. The first-order valence-electron chi connectivity index (χ1n) is 23.7. The summed E-state index contributed by atoms with van der Waals surface area (Å²) in [6.07, 6.45) is 20.5. The van der Waals surface area contributed by atoms with E-state index in [1.165, 1.54) is 83.5 Å². The Labute approximate surface area is 366 Å². The Bertz CT molecular complexity index is 1170. The minimum absolute atomic E-state index is 0.258. The fourth-order valence-electron chi connectivity index (χ4n) is 7.61. The number of unbranched alkanes of at least 4 members (excludes halogenated alkanes) is 18. The first kappa shape index (κ1) is 55.3. The van der Waals surface area contributed by atoms with Gasteiger partial charge in [0.1, 0.15) is 48.8 Å². The summed E-state index contributed by atoms with van der Waals surface area (Å²) in [5.74, 6) is -0.258. The van der Waals surface area contributed by atoms with Gasteiger partial charge in [-0.3, -0.25) is 4.79 Å². The number of hydrogen-bond donors (Lipinski definition) is 9. The summed E-state index contributed by atoms with van der Waals surface area (Å²) in [4.78, 5) is 13.1. The molecule has 356 valence electrons. The second-order valence-electron chi connectivity index (χ2n) is 16.9. The third kappa shape index (κ3) is 22.6. The molecule has 12 atom stereocenters. The quantitative estimate of drug-likeness (QED) is 0.0297. The van der Waals surface area contributed by atoms with Crippen LogP contribution in [0.1, 0.15) is 162 Å². The van der Waals surface area contributed by atoms with Crippen LogP contribution in [0.4, 0.5) is 0 Å². The number of carbonyl (C=O) groups excluding carboxylic acids is 1. The van der Waals surface area contributed by atoms with Crippen molar-refractivity contribution in [2.75, 3.05) is 19.8 Å². The Morgan fingerprint density at radius 2 is 1.05 bits per heavy atom. The Hall–Kier alpha value is -1.79. The van der Waals surface area contributed by atoms with Crippen LogP contribution in [0.3, 0.4) is 0 Å². The summed E-state index contributed by atoms with van der Waals surface area (Å²) in [7, 11) is 0. The second-order valence-corrected chi connectivity index (χ2v) is 16.9. The molecule has 0 aromatic heterocycles. The second kappa shape index (κ2) is 34.6. The number of ether oxygens (including phenoxy) is 4. The van der Waals surface area contributed by atoms with E-state index in [9.17, 15) is 45.6 Å². The molecule has 61 heavy (non-hydrogen) atoms. The van der Waals surface area contributed by atoms with Gasteiger partial charge in [-0.25, -0.2) is 0 Å². The Morgan fingerprint density at radius 1 is 0.574 bits per heavy atom. The number of aliphatic hydroxyl groups is 8. The van der Waals surface area contributed by atoms with Gasteiger partial charge in [0.05, 0.1) is 32.0 Å². The van der Waals surface area contributed by atoms with E-state index in [0.717, 1.165) is 44.9 Å². The third-order valence-corrected chi connectivity index (χ3v) is 11.6. The fourth-order valence-corrected chi connectivity index (χ4v) is 7.61. The van der Waals surface area contributed by atoms with Crippen molar-refractivity contribution in [1.82, 2.24) is 5.32 Å². The van der Waals surface area contributed by atoms with Crippen LogP contribution in [0.25, 0.3) is 0 Å². The number of nitrogens with one attached hydrogen (secondary N) is 1. The topological polar surface area (TPSA) is 228 Å². The number of allylic oxidation sites excluding steroid dienone is 5. The molecule has 0 aromatic rings. The zero-order valence-corrected chi connectivity index (χ0v) is 37.4. The molecule has 0 radical (unpaired) electrons. The van der Waals surface area contributed by atoms with E-state index < -0.39 is 86.8 Å². The molecule has 14 heteroatoms. The summed E-state index contributed by atoms with van der Waals surface area (Å²) in [6, 6.07) is -0.932. The highest BCUT2D eigenvalue weighted by Crippen LogP contribution is 2.30. The fraction of sp³-hybridized carbons (Fsp3) is 0.851. The zero-order chi connectivity index (χ0) is 44.7. The summed E-state index contributed by atoms with van der Waals surface area (Å²) in [5.41, 5.74) is 0. The maximum absolute atomic E-state index is 13.1. The highest BCUT2D eigenvalue weighted by Gasteiger charge is 2.50. The highest BCUT2D eigenvalue weighted by molar-refractivity contribution is 5.76. The summed E-state index contributed by atoms with van der Waals surface area (Å²) in [6.45, 7) is 2.71. The molecule has 1 amide bonds. The van der Waals surface area contributed by atoms with Crippen molar-refractivity contribution < 1.29 is 64.6 Å². The average Bonchev–Trinajstić information content (AvgIpc) is 3.26. The Balaban J connectivity index is 1.91. The largest absolute Gasteiger partial charge is 0.394 e. The number of aliphatic hydroxyl groups excluding tert-OH is 8. The highest BCUT2D eigenvalue weighted by atomic mass is 16.7. The van der Waals surface area contributed by atoms with E-state index in [4.69, 9.17) is 18.9 Å². The molecule has 12 unspecified atom stereocenters. The molecule has 0 bridgehead atoms. The molecule has 14 nitrogen and oxygen atoms in total. The van der Waals surface area contributed by atoms with E-state index >= 15 is 0 Å². The monoisotopic (exact) mass is 872 g/mol. The van der Waals surface area contributed by atoms with E-state index in [-0.39, 0.29) is 18.9 Å². The van der Waals surface area contributed by atoms with Gasteiger partial charge in [0, 0.05) is 6.42 Å². The lowest BCUT2D eigenvalue weighted by Gasteiger charge is -2.46. The summed E-state index contributed by atoms with van der Waals surface area (Å²) < 4.78 is 22.6. The van der Waals surface area contributed by atoms with Gasteiger partial charge in [0.15, 0.2) is 12.6 Å². The first-order chi connectivity index (χ1) is 29.6. The number of rotatable bonds is 35. The lowest BCUT2D eigenvalue weighted by atomic mass is 9.97. The summed E-state index contributed by atoms with van der Waals surface area (Å²) >= 11 is 0. The van der Waals surface area contributed by atoms with Crippen molar-refractivity contribution in [2.45, 2.75) is 235 Å². The van der Waals surface area contributed by atoms with Crippen molar-refractivity contribution in [3.63, 3.8) is 0 Å². The lowest BCUT2D eigenvalue weighted by Crippen LogP contribution is -2.65. The normalized spacial score (nSPS) is 28.3. The van der Waals surface area contributed by atoms with E-state index in [2.05, 4.69) is 43.5 Å². The van der Waals surface area contributed by atoms with Crippen molar-refractivity contribution in [2.24, 2.45) is 0 Å². The van der Waals surface area contributed by atoms with Crippen LogP contribution in [0, 0.1) is 0 Å². The maximum Gasteiger partial charge on any atom is 0.220 e. The van der Waals surface area contributed by atoms with Gasteiger partial charge in [0.2, 0.25) is 5.91 Å². The van der Waals surface area contributed by atoms with Crippen LogP contribution in [-0.2, 0) is 23.7 Å². The van der Waals surface area contributed by atoms with Crippen molar-refractivity contribution in [3.05, 3.63) is 36.5 Å². The van der Waals surface area contributed by atoms with Gasteiger partial charge in [0.25, 0.3) is 0 Å². The van der Waals surface area contributed by atoms with Crippen LogP contribution in [-0.4, -0.2) is 140 Å². The molecule has 0 aliphatic carbocycles. The number of hydrogen-bond acceptors (Lipinski definition) is 13. The molecular weight excluding hydrogens is 787 g/mol. The van der Waals surface area contributed by atoms with E-state index in [1.807, 2.05) is 6.08 Å². The molecule has 2 aliphatic heterocycles. The number of amides is 1. The Kier molecular flexibility index (Phi) is 31.4.